The van der Waals surface area contributed by atoms with Crippen molar-refractivity contribution in [1.29, 1.82) is 0 Å². The first kappa shape index (κ1) is 15.4. The molecular weight excluding hydrogens is 284 g/mol. The van der Waals surface area contributed by atoms with E-state index >= 15 is 0 Å². The molecule has 1 saturated heterocycles. The number of aliphatic carboxylic acids is 1. The van der Waals surface area contributed by atoms with Gasteiger partial charge in [-0.2, -0.15) is 0 Å². The second-order valence-electron chi connectivity index (χ2n) is 4.98. The van der Waals surface area contributed by atoms with Gasteiger partial charge in [0.25, 0.3) is 0 Å². The van der Waals surface area contributed by atoms with Crippen molar-refractivity contribution in [2.24, 2.45) is 5.92 Å². The molecule has 0 spiro atoms. The highest BCUT2D eigenvalue weighted by Crippen LogP contribution is 2.20. The van der Waals surface area contributed by atoms with Crippen LogP contribution in [0.3, 0.4) is 0 Å². The molecule has 2 rings (SSSR count). The van der Waals surface area contributed by atoms with Crippen molar-refractivity contribution in [3.8, 4) is 0 Å². The number of hydrogen-bond acceptors (Lipinski definition) is 3. The Bertz CT molecular complexity index is 564. The van der Waals surface area contributed by atoms with Gasteiger partial charge < -0.3 is 14.7 Å². The van der Waals surface area contributed by atoms with E-state index in [9.17, 15) is 18.4 Å². The monoisotopic (exact) mass is 299 g/mol. The molecule has 1 aliphatic heterocycles. The third-order valence-electron chi connectivity index (χ3n) is 3.60. The van der Waals surface area contributed by atoms with Crippen LogP contribution in [0.15, 0.2) is 18.2 Å². The highest BCUT2D eigenvalue weighted by Gasteiger charge is 2.38. The van der Waals surface area contributed by atoms with Gasteiger partial charge >= 0.3 is 5.97 Å². The van der Waals surface area contributed by atoms with Gasteiger partial charge in [0.05, 0.1) is 25.7 Å². The standard InChI is InChI=1S/C14H15F2NO4/c1-17(12-7-21-6-9(12)14(19)20)13(18)5-8-2-3-10(15)11(16)4-8/h2-4,9,12H,5-7H2,1H3,(H,19,20). The van der Waals surface area contributed by atoms with Gasteiger partial charge in [-0.3, -0.25) is 9.59 Å². The zero-order chi connectivity index (χ0) is 15.6. The Morgan fingerprint density at radius 1 is 1.33 bits per heavy atom. The second kappa shape index (κ2) is 6.17. The molecule has 2 atom stereocenters. The molecule has 5 nitrogen and oxygen atoms in total. The number of nitrogens with zero attached hydrogens (tertiary/aromatic N) is 1. The average Bonchev–Trinajstić information content (AvgIpc) is 2.91. The molecule has 2 unspecified atom stereocenters. The first-order valence-electron chi connectivity index (χ1n) is 6.40. The van der Waals surface area contributed by atoms with Crippen LogP contribution in [-0.4, -0.2) is 48.2 Å². The zero-order valence-corrected chi connectivity index (χ0v) is 11.4. The maximum absolute atomic E-state index is 13.1. The van der Waals surface area contributed by atoms with E-state index < -0.39 is 29.6 Å². The van der Waals surface area contributed by atoms with Gasteiger partial charge in [0.15, 0.2) is 11.6 Å². The van der Waals surface area contributed by atoms with Crippen LogP contribution >= 0.6 is 0 Å². The average molecular weight is 299 g/mol. The summed E-state index contributed by atoms with van der Waals surface area (Å²) in [7, 11) is 1.48. The number of benzene rings is 1. The van der Waals surface area contributed by atoms with Crippen LogP contribution in [0.2, 0.25) is 0 Å². The van der Waals surface area contributed by atoms with Gasteiger partial charge in [-0.25, -0.2) is 8.78 Å². The molecule has 0 aliphatic carbocycles. The number of rotatable bonds is 4. The minimum Gasteiger partial charge on any atom is -0.481 e. The number of hydrogen-bond donors (Lipinski definition) is 1. The fourth-order valence-electron chi connectivity index (χ4n) is 2.29. The Labute approximate surface area is 120 Å². The smallest absolute Gasteiger partial charge is 0.311 e. The van der Waals surface area contributed by atoms with Gasteiger partial charge in [0, 0.05) is 7.05 Å². The highest BCUT2D eigenvalue weighted by atomic mass is 19.2. The molecule has 114 valence electrons. The second-order valence-corrected chi connectivity index (χ2v) is 4.98. The molecule has 21 heavy (non-hydrogen) atoms. The van der Waals surface area contributed by atoms with Crippen LogP contribution in [0.4, 0.5) is 8.78 Å². The van der Waals surface area contributed by atoms with Gasteiger partial charge in [-0.05, 0) is 17.7 Å². The lowest BCUT2D eigenvalue weighted by atomic mass is 10.0. The molecular formula is C14H15F2NO4. The number of amides is 1. The largest absolute Gasteiger partial charge is 0.481 e. The van der Waals surface area contributed by atoms with Crippen LogP contribution < -0.4 is 0 Å². The van der Waals surface area contributed by atoms with Crippen molar-refractivity contribution in [2.45, 2.75) is 12.5 Å². The number of carbonyl (C=O) groups excluding carboxylic acids is 1. The zero-order valence-electron chi connectivity index (χ0n) is 11.4. The van der Waals surface area contributed by atoms with E-state index in [0.29, 0.717) is 5.56 Å². The minimum atomic E-state index is -1.02. The fraction of sp³-hybridized carbons (Fsp3) is 0.429. The summed E-state index contributed by atoms with van der Waals surface area (Å²) < 4.78 is 31.0. The predicted octanol–water partition coefficient (Wildman–Crippen LogP) is 1.07. The molecule has 7 heteroatoms. The van der Waals surface area contributed by atoms with Crippen LogP contribution in [0.25, 0.3) is 0 Å². The summed E-state index contributed by atoms with van der Waals surface area (Å²) >= 11 is 0. The number of carboxylic acid groups (broad SMARTS) is 1. The quantitative estimate of drug-likeness (QED) is 0.903. The Morgan fingerprint density at radius 3 is 2.67 bits per heavy atom. The Morgan fingerprint density at radius 2 is 2.05 bits per heavy atom. The Kier molecular flexibility index (Phi) is 4.52. The molecule has 0 saturated carbocycles. The van der Waals surface area contributed by atoms with E-state index in [0.717, 1.165) is 12.1 Å². The summed E-state index contributed by atoms with van der Waals surface area (Å²) in [5.41, 5.74) is 0.330. The molecule has 1 N–H and O–H groups in total. The lowest BCUT2D eigenvalue weighted by molar-refractivity contribution is -0.144. The Balaban J connectivity index is 2.05. The van der Waals surface area contributed by atoms with E-state index in [1.165, 1.54) is 18.0 Å². The van der Waals surface area contributed by atoms with Crippen molar-refractivity contribution in [3.63, 3.8) is 0 Å². The van der Waals surface area contributed by atoms with Crippen LogP contribution in [0, 0.1) is 17.6 Å². The molecule has 0 radical (unpaired) electrons. The van der Waals surface area contributed by atoms with Gasteiger partial charge in [0.2, 0.25) is 5.91 Å². The lowest BCUT2D eigenvalue weighted by Crippen LogP contribution is -2.44. The third-order valence-corrected chi connectivity index (χ3v) is 3.60. The van der Waals surface area contributed by atoms with Crippen molar-refractivity contribution in [1.82, 2.24) is 4.90 Å². The topological polar surface area (TPSA) is 66.8 Å². The first-order valence-corrected chi connectivity index (χ1v) is 6.40. The summed E-state index contributed by atoms with van der Waals surface area (Å²) in [6.45, 7) is 0.208. The number of carbonyl (C=O) groups is 2. The van der Waals surface area contributed by atoms with Crippen molar-refractivity contribution in [2.75, 3.05) is 20.3 Å². The summed E-state index contributed by atoms with van der Waals surface area (Å²) in [6.07, 6.45) is -0.128. The van der Waals surface area contributed by atoms with E-state index in [1.807, 2.05) is 0 Å². The molecule has 1 heterocycles. The van der Waals surface area contributed by atoms with E-state index in [-0.39, 0.29) is 25.5 Å². The van der Waals surface area contributed by atoms with E-state index in [2.05, 4.69) is 0 Å². The first-order chi connectivity index (χ1) is 9.90. The molecule has 0 aromatic heterocycles. The number of likely N-dealkylation sites (N-methyl/N-ethyl adjacent to an activating group) is 1. The van der Waals surface area contributed by atoms with Crippen molar-refractivity contribution < 1.29 is 28.2 Å². The summed E-state index contributed by atoms with van der Waals surface area (Å²) in [5.74, 6) is -4.16. The normalized spacial score (nSPS) is 21.3. The molecule has 0 bridgehead atoms. The molecule has 1 amide bonds. The summed E-state index contributed by atoms with van der Waals surface area (Å²) in [4.78, 5) is 24.5. The highest BCUT2D eigenvalue weighted by molar-refractivity contribution is 5.80. The Hall–Kier alpha value is -2.02. The van der Waals surface area contributed by atoms with E-state index in [1.54, 1.807) is 0 Å². The van der Waals surface area contributed by atoms with E-state index in [4.69, 9.17) is 9.84 Å². The summed E-state index contributed by atoms with van der Waals surface area (Å²) in [5, 5.41) is 9.06. The minimum absolute atomic E-state index is 0.0583. The fourth-order valence-corrected chi connectivity index (χ4v) is 2.29. The predicted molar refractivity (Wildman–Crippen MR) is 68.6 cm³/mol. The molecule has 1 aromatic carbocycles. The SMILES string of the molecule is CN(C(=O)Cc1ccc(F)c(F)c1)C1COCC1C(=O)O. The van der Waals surface area contributed by atoms with Crippen LogP contribution in [0.1, 0.15) is 5.56 Å². The molecule has 1 fully saturated rings. The molecule has 1 aromatic rings. The lowest BCUT2D eigenvalue weighted by Gasteiger charge is -2.26. The van der Waals surface area contributed by atoms with Crippen LogP contribution in [-0.2, 0) is 20.7 Å². The number of ether oxygens (including phenoxy) is 1. The number of carboxylic acids is 1. The van der Waals surface area contributed by atoms with Gasteiger partial charge in [0.1, 0.15) is 5.92 Å². The maximum atomic E-state index is 13.1. The van der Waals surface area contributed by atoms with Crippen molar-refractivity contribution >= 4 is 11.9 Å². The van der Waals surface area contributed by atoms with Gasteiger partial charge in [-0.15, -0.1) is 0 Å². The van der Waals surface area contributed by atoms with Crippen LogP contribution in [0.5, 0.6) is 0 Å². The summed E-state index contributed by atoms with van der Waals surface area (Å²) in [6, 6.07) is 2.68. The maximum Gasteiger partial charge on any atom is 0.311 e. The number of halogens is 2. The van der Waals surface area contributed by atoms with Gasteiger partial charge in [-0.1, -0.05) is 6.07 Å². The molecule has 1 aliphatic rings. The van der Waals surface area contributed by atoms with Crippen molar-refractivity contribution in [3.05, 3.63) is 35.4 Å². The third kappa shape index (κ3) is 3.36.